The maximum absolute atomic E-state index is 13.4. The highest BCUT2D eigenvalue weighted by atomic mass is 16.6. The van der Waals surface area contributed by atoms with E-state index in [-0.39, 0.29) is 11.9 Å². The van der Waals surface area contributed by atoms with E-state index in [1.165, 1.54) is 7.11 Å². The fourth-order valence-electron chi connectivity index (χ4n) is 7.14. The van der Waals surface area contributed by atoms with Gasteiger partial charge in [-0.05, 0) is 31.5 Å². The van der Waals surface area contributed by atoms with Crippen LogP contribution in [0.1, 0.15) is 42.4 Å². The Morgan fingerprint density at radius 3 is 2.46 bits per heavy atom. The van der Waals surface area contributed by atoms with Gasteiger partial charge in [0.1, 0.15) is 11.6 Å². The van der Waals surface area contributed by atoms with Gasteiger partial charge < -0.3 is 23.9 Å². The normalized spacial score (nSPS) is 26.7. The molecule has 0 radical (unpaired) electrons. The average Bonchev–Trinajstić information content (AvgIpc) is 3.55. The van der Waals surface area contributed by atoms with E-state index in [1.54, 1.807) is 0 Å². The lowest BCUT2D eigenvalue weighted by Gasteiger charge is -2.39. The molecule has 1 amide bonds. The van der Waals surface area contributed by atoms with E-state index in [4.69, 9.17) is 9.47 Å². The van der Waals surface area contributed by atoms with Crippen molar-refractivity contribution in [1.29, 1.82) is 0 Å². The first-order valence-corrected chi connectivity index (χ1v) is 12.0. The maximum atomic E-state index is 13.4. The van der Waals surface area contributed by atoms with Crippen molar-refractivity contribution in [3.63, 3.8) is 0 Å². The Bertz CT molecular complexity index is 1830. The number of rotatable bonds is 1. The van der Waals surface area contributed by atoms with Gasteiger partial charge in [-0.25, -0.2) is 0 Å². The SMILES string of the molecule is COC(=O)[C@]1(C)CC2O[C@@]1(C)n1c3ccccc3c3c4c(c5c6ccccc6n2c5c31)C(=O)NC4. The molecular weight excluding hydrogens is 442 g/mol. The number of carbonyl (C=O) groups excluding carboxylic acids is 2. The summed E-state index contributed by atoms with van der Waals surface area (Å²) < 4.78 is 16.7. The van der Waals surface area contributed by atoms with Crippen LogP contribution in [0.3, 0.4) is 0 Å². The van der Waals surface area contributed by atoms with Crippen molar-refractivity contribution < 1.29 is 19.1 Å². The lowest BCUT2D eigenvalue weighted by Crippen LogP contribution is -2.48. The highest BCUT2D eigenvalue weighted by Gasteiger charge is 2.63. The number of esters is 1. The van der Waals surface area contributed by atoms with Crippen LogP contribution in [0.25, 0.3) is 43.6 Å². The molecule has 0 saturated carbocycles. The maximum Gasteiger partial charge on any atom is 0.316 e. The Hall–Kier alpha value is -3.84. The minimum absolute atomic E-state index is 0.0393. The van der Waals surface area contributed by atoms with Crippen LogP contribution in [0.5, 0.6) is 0 Å². The van der Waals surface area contributed by atoms with Gasteiger partial charge in [0.2, 0.25) is 0 Å². The smallest absolute Gasteiger partial charge is 0.316 e. The van der Waals surface area contributed by atoms with Gasteiger partial charge in [0.25, 0.3) is 5.91 Å². The lowest BCUT2D eigenvalue weighted by molar-refractivity contribution is -0.178. The van der Waals surface area contributed by atoms with E-state index in [0.29, 0.717) is 13.0 Å². The molecule has 174 valence electrons. The van der Waals surface area contributed by atoms with E-state index >= 15 is 0 Å². The van der Waals surface area contributed by atoms with Gasteiger partial charge >= 0.3 is 5.97 Å². The lowest BCUT2D eigenvalue weighted by atomic mass is 9.78. The Morgan fingerprint density at radius 1 is 1.03 bits per heavy atom. The molecule has 1 unspecified atom stereocenters. The zero-order valence-electron chi connectivity index (χ0n) is 19.6. The van der Waals surface area contributed by atoms with E-state index in [1.807, 2.05) is 38.1 Å². The molecule has 1 N–H and O–H groups in total. The Labute approximate surface area is 200 Å². The van der Waals surface area contributed by atoms with Crippen LogP contribution < -0.4 is 5.32 Å². The van der Waals surface area contributed by atoms with Gasteiger partial charge in [-0.1, -0.05) is 36.4 Å². The second kappa shape index (κ2) is 5.86. The molecular formula is C28H23N3O4. The fourth-order valence-corrected chi connectivity index (χ4v) is 7.14. The first-order valence-electron chi connectivity index (χ1n) is 12.0. The van der Waals surface area contributed by atoms with Crippen LogP contribution in [-0.4, -0.2) is 28.1 Å². The topological polar surface area (TPSA) is 74.5 Å². The van der Waals surface area contributed by atoms with E-state index in [0.717, 1.165) is 54.7 Å². The van der Waals surface area contributed by atoms with Gasteiger partial charge in [-0.15, -0.1) is 0 Å². The van der Waals surface area contributed by atoms with Crippen molar-refractivity contribution in [2.45, 2.75) is 38.8 Å². The number of nitrogens with one attached hydrogen (secondary N) is 1. The van der Waals surface area contributed by atoms with Crippen LogP contribution in [-0.2, 0) is 26.5 Å². The second-order valence-electron chi connectivity index (χ2n) is 10.3. The summed E-state index contributed by atoms with van der Waals surface area (Å²) in [6.45, 7) is 4.43. The Kier molecular flexibility index (Phi) is 3.26. The fraction of sp³-hybridized carbons (Fsp3) is 0.286. The van der Waals surface area contributed by atoms with Crippen LogP contribution >= 0.6 is 0 Å². The summed E-state index contributed by atoms with van der Waals surface area (Å²) in [5.74, 6) is -0.329. The molecule has 3 aliphatic heterocycles. The zero-order valence-corrected chi connectivity index (χ0v) is 19.6. The van der Waals surface area contributed by atoms with E-state index in [2.05, 4.69) is 38.7 Å². The van der Waals surface area contributed by atoms with Crippen LogP contribution in [0.15, 0.2) is 48.5 Å². The number of para-hydroxylation sites is 2. The third kappa shape index (κ3) is 1.90. The first-order chi connectivity index (χ1) is 16.9. The molecule has 7 nitrogen and oxygen atoms in total. The summed E-state index contributed by atoms with van der Waals surface area (Å²) >= 11 is 0. The number of hydrogen-bond donors (Lipinski definition) is 1. The molecule has 1 saturated heterocycles. The quantitative estimate of drug-likeness (QED) is 0.356. The Morgan fingerprint density at radius 2 is 1.71 bits per heavy atom. The van der Waals surface area contributed by atoms with Crippen LogP contribution in [0.2, 0.25) is 0 Å². The largest absolute Gasteiger partial charge is 0.468 e. The molecule has 0 spiro atoms. The number of carbonyl (C=O) groups is 2. The van der Waals surface area contributed by atoms with Crippen molar-refractivity contribution in [2.24, 2.45) is 5.41 Å². The summed E-state index contributed by atoms with van der Waals surface area (Å²) in [5.41, 5.74) is 3.82. The number of fused-ring (bicyclic) bond motifs is 13. The number of ether oxygens (including phenoxy) is 2. The predicted molar refractivity (Wildman–Crippen MR) is 132 cm³/mol. The van der Waals surface area contributed by atoms with Gasteiger partial charge in [0, 0.05) is 34.5 Å². The summed E-state index contributed by atoms with van der Waals surface area (Å²) in [7, 11) is 1.44. The molecule has 3 aliphatic rings. The van der Waals surface area contributed by atoms with Gasteiger partial charge in [0.15, 0.2) is 5.72 Å². The van der Waals surface area contributed by atoms with Gasteiger partial charge in [-0.3, -0.25) is 9.59 Å². The molecule has 2 aromatic heterocycles. The third-order valence-corrected chi connectivity index (χ3v) is 8.84. The average molecular weight is 466 g/mol. The monoisotopic (exact) mass is 465 g/mol. The number of methoxy groups -OCH3 is 1. The van der Waals surface area contributed by atoms with Crippen molar-refractivity contribution in [3.05, 3.63) is 59.7 Å². The summed E-state index contributed by atoms with van der Waals surface area (Å²) in [6, 6.07) is 16.4. The second-order valence-corrected chi connectivity index (χ2v) is 10.3. The number of aromatic nitrogens is 2. The standard InChI is InChI=1S/C28H23N3O4/c1-27(26(33)34-3)12-19-30-17-10-6-4-8-14(17)21-22-16(13-29-25(22)32)20-15-9-5-7-11-18(15)31(24(20)23(21)30)28(27,2)35-19/h4-11,19H,12-13H2,1-3H3,(H,29,32)/t19?,27-,28+/m0/s1. The van der Waals surface area contributed by atoms with E-state index in [9.17, 15) is 9.59 Å². The van der Waals surface area contributed by atoms with E-state index < -0.39 is 17.4 Å². The molecule has 0 aliphatic carbocycles. The molecule has 2 bridgehead atoms. The summed E-state index contributed by atoms with van der Waals surface area (Å²) in [6.07, 6.45) is 0.0663. The molecule has 3 atom stereocenters. The zero-order chi connectivity index (χ0) is 23.9. The molecule has 5 aromatic rings. The van der Waals surface area contributed by atoms with Crippen molar-refractivity contribution in [2.75, 3.05) is 7.11 Å². The summed E-state index contributed by atoms with van der Waals surface area (Å²) in [4.78, 5) is 26.6. The van der Waals surface area contributed by atoms with Gasteiger partial charge in [-0.2, -0.15) is 0 Å². The first kappa shape index (κ1) is 19.5. The molecule has 3 aromatic carbocycles. The van der Waals surface area contributed by atoms with Crippen molar-refractivity contribution in [3.8, 4) is 0 Å². The molecule has 35 heavy (non-hydrogen) atoms. The van der Waals surface area contributed by atoms with Crippen LogP contribution in [0.4, 0.5) is 0 Å². The third-order valence-electron chi connectivity index (χ3n) is 8.84. The number of hydrogen-bond acceptors (Lipinski definition) is 4. The molecule has 1 fully saturated rings. The Balaban J connectivity index is 1.73. The molecule has 7 heteroatoms. The predicted octanol–water partition coefficient (Wildman–Crippen LogP) is 4.93. The highest BCUT2D eigenvalue weighted by Crippen LogP contribution is 2.60. The van der Waals surface area contributed by atoms with Crippen LogP contribution in [0, 0.1) is 5.41 Å². The van der Waals surface area contributed by atoms with Gasteiger partial charge in [0.05, 0.1) is 34.7 Å². The number of benzene rings is 3. The molecule has 8 rings (SSSR count). The minimum Gasteiger partial charge on any atom is -0.468 e. The summed E-state index contributed by atoms with van der Waals surface area (Å²) in [5, 5.41) is 7.17. The minimum atomic E-state index is -0.997. The van der Waals surface area contributed by atoms with Crippen molar-refractivity contribution >= 4 is 55.5 Å². The number of nitrogens with zero attached hydrogens (tertiary/aromatic N) is 2. The highest BCUT2D eigenvalue weighted by molar-refractivity contribution is 6.31. The number of amides is 1. The van der Waals surface area contributed by atoms with Crippen molar-refractivity contribution in [1.82, 2.24) is 14.5 Å². The molecule has 5 heterocycles.